The summed E-state index contributed by atoms with van der Waals surface area (Å²) in [6.07, 6.45) is -3.00. The van der Waals surface area contributed by atoms with Crippen LogP contribution in [0, 0.1) is 0 Å². The summed E-state index contributed by atoms with van der Waals surface area (Å²) in [4.78, 5) is 0. The minimum atomic E-state index is -4.24. The van der Waals surface area contributed by atoms with Crippen molar-refractivity contribution < 1.29 is 13.2 Å². The highest BCUT2D eigenvalue weighted by molar-refractivity contribution is 6.31. The van der Waals surface area contributed by atoms with Gasteiger partial charge in [-0.05, 0) is 13.0 Å². The SMILES string of the molecule is CCCn1ncc(Cl)c1C(CC(F)(F)F)NCC. The first kappa shape index (κ1) is 15.3. The second-order valence-corrected chi connectivity index (χ2v) is 4.44. The van der Waals surface area contributed by atoms with Crippen molar-refractivity contribution in [1.29, 1.82) is 0 Å². The number of hydrogen-bond acceptors (Lipinski definition) is 2. The van der Waals surface area contributed by atoms with Gasteiger partial charge in [-0.3, -0.25) is 4.68 Å². The molecule has 0 aromatic carbocycles. The fraction of sp³-hybridized carbons (Fsp3) is 0.727. The Hall–Kier alpha value is -0.750. The monoisotopic (exact) mass is 283 g/mol. The Balaban J connectivity index is 3.00. The minimum absolute atomic E-state index is 0.277. The molecule has 0 aliphatic heterocycles. The third-order valence-corrected chi connectivity index (χ3v) is 2.78. The van der Waals surface area contributed by atoms with Gasteiger partial charge in [-0.1, -0.05) is 25.4 Å². The lowest BCUT2D eigenvalue weighted by molar-refractivity contribution is -0.140. The molecule has 1 atom stereocenters. The highest BCUT2D eigenvalue weighted by atomic mass is 35.5. The lowest BCUT2D eigenvalue weighted by atomic mass is 10.1. The number of halogens is 4. The molecule has 7 heteroatoms. The summed E-state index contributed by atoms with van der Waals surface area (Å²) >= 11 is 5.95. The average Bonchev–Trinajstić information content (AvgIpc) is 2.58. The van der Waals surface area contributed by atoms with Crippen LogP contribution in [0.25, 0.3) is 0 Å². The maximum absolute atomic E-state index is 12.6. The topological polar surface area (TPSA) is 29.9 Å². The molecule has 18 heavy (non-hydrogen) atoms. The molecule has 0 radical (unpaired) electrons. The Morgan fingerprint density at radius 3 is 2.61 bits per heavy atom. The van der Waals surface area contributed by atoms with Gasteiger partial charge in [0.05, 0.1) is 29.4 Å². The fourth-order valence-corrected chi connectivity index (χ4v) is 2.12. The zero-order chi connectivity index (χ0) is 13.8. The molecule has 1 unspecified atom stereocenters. The number of alkyl halides is 3. The second-order valence-electron chi connectivity index (χ2n) is 4.03. The van der Waals surface area contributed by atoms with Gasteiger partial charge in [-0.2, -0.15) is 18.3 Å². The van der Waals surface area contributed by atoms with Crippen LogP contribution >= 0.6 is 11.6 Å². The first-order valence-electron chi connectivity index (χ1n) is 5.90. The highest BCUT2D eigenvalue weighted by Crippen LogP contribution is 2.32. The van der Waals surface area contributed by atoms with Gasteiger partial charge in [0, 0.05) is 6.54 Å². The van der Waals surface area contributed by atoms with Crippen LogP contribution in [0.15, 0.2) is 6.20 Å². The summed E-state index contributed by atoms with van der Waals surface area (Å²) in [6, 6.07) is -0.850. The molecule has 0 aliphatic rings. The van der Waals surface area contributed by atoms with Gasteiger partial charge in [0.2, 0.25) is 0 Å². The van der Waals surface area contributed by atoms with E-state index in [0.29, 0.717) is 18.8 Å². The Labute approximate surface area is 109 Å². The van der Waals surface area contributed by atoms with E-state index < -0.39 is 18.6 Å². The maximum Gasteiger partial charge on any atom is 0.390 e. The van der Waals surface area contributed by atoms with Crippen LogP contribution < -0.4 is 5.32 Å². The number of hydrogen-bond donors (Lipinski definition) is 1. The largest absolute Gasteiger partial charge is 0.390 e. The molecular weight excluding hydrogens is 267 g/mol. The number of aryl methyl sites for hydroxylation is 1. The third-order valence-electron chi connectivity index (χ3n) is 2.48. The molecule has 1 aromatic rings. The third kappa shape index (κ3) is 4.17. The van der Waals surface area contributed by atoms with Crippen molar-refractivity contribution in [2.24, 2.45) is 0 Å². The molecule has 3 nitrogen and oxygen atoms in total. The van der Waals surface area contributed by atoms with E-state index in [1.54, 1.807) is 11.6 Å². The molecule has 0 fully saturated rings. The quantitative estimate of drug-likeness (QED) is 0.865. The van der Waals surface area contributed by atoms with Crippen LogP contribution in [0.4, 0.5) is 13.2 Å². The predicted molar refractivity (Wildman–Crippen MR) is 64.6 cm³/mol. The number of nitrogens with zero attached hydrogens (tertiary/aromatic N) is 2. The summed E-state index contributed by atoms with van der Waals surface area (Å²) in [6.45, 7) is 4.69. The molecule has 0 aliphatic carbocycles. The summed E-state index contributed by atoms with van der Waals surface area (Å²) in [5, 5.41) is 7.11. The van der Waals surface area contributed by atoms with Crippen molar-refractivity contribution in [2.75, 3.05) is 6.54 Å². The van der Waals surface area contributed by atoms with Gasteiger partial charge in [-0.15, -0.1) is 0 Å². The Morgan fingerprint density at radius 2 is 2.11 bits per heavy atom. The molecule has 1 rings (SSSR count). The second kappa shape index (κ2) is 6.43. The van der Waals surface area contributed by atoms with Gasteiger partial charge in [0.1, 0.15) is 0 Å². The number of rotatable bonds is 6. The smallest absolute Gasteiger partial charge is 0.309 e. The van der Waals surface area contributed by atoms with Crippen molar-refractivity contribution in [2.45, 2.75) is 45.5 Å². The van der Waals surface area contributed by atoms with E-state index in [0.717, 1.165) is 6.42 Å². The fourth-order valence-electron chi connectivity index (χ4n) is 1.85. The molecule has 0 amide bonds. The molecule has 1 heterocycles. The normalized spacial score (nSPS) is 13.9. The van der Waals surface area contributed by atoms with Gasteiger partial charge >= 0.3 is 6.18 Å². The molecular formula is C11H17ClF3N3. The standard InChI is InChI=1S/C11H17ClF3N3/c1-3-5-18-10(8(12)7-17-18)9(16-4-2)6-11(13,14)15/h7,9,16H,3-6H2,1-2H3. The van der Waals surface area contributed by atoms with E-state index in [-0.39, 0.29) is 5.02 Å². The Morgan fingerprint density at radius 1 is 1.44 bits per heavy atom. The lowest BCUT2D eigenvalue weighted by Gasteiger charge is -2.21. The zero-order valence-corrected chi connectivity index (χ0v) is 11.1. The van der Waals surface area contributed by atoms with E-state index in [9.17, 15) is 13.2 Å². The molecule has 0 saturated heterocycles. The van der Waals surface area contributed by atoms with E-state index in [4.69, 9.17) is 11.6 Å². The molecule has 1 aromatic heterocycles. The van der Waals surface area contributed by atoms with Crippen molar-refractivity contribution in [3.63, 3.8) is 0 Å². The van der Waals surface area contributed by atoms with Gasteiger partial charge in [-0.25, -0.2) is 0 Å². The molecule has 0 spiro atoms. The van der Waals surface area contributed by atoms with E-state index in [2.05, 4.69) is 10.4 Å². The van der Waals surface area contributed by atoms with E-state index in [1.165, 1.54) is 6.20 Å². The van der Waals surface area contributed by atoms with E-state index >= 15 is 0 Å². The lowest BCUT2D eigenvalue weighted by Crippen LogP contribution is -2.29. The summed E-state index contributed by atoms with van der Waals surface area (Å²) in [5.74, 6) is 0. The predicted octanol–water partition coefficient (Wildman–Crippen LogP) is 3.55. The summed E-state index contributed by atoms with van der Waals surface area (Å²) in [5.41, 5.74) is 0.415. The molecule has 0 saturated carbocycles. The van der Waals surface area contributed by atoms with Gasteiger partial charge in [0.15, 0.2) is 0 Å². The first-order chi connectivity index (χ1) is 8.39. The van der Waals surface area contributed by atoms with Crippen LogP contribution in [0.3, 0.4) is 0 Å². The molecule has 104 valence electrons. The Bertz CT molecular complexity index is 376. The number of aromatic nitrogens is 2. The molecule has 1 N–H and O–H groups in total. The average molecular weight is 284 g/mol. The summed E-state index contributed by atoms with van der Waals surface area (Å²) < 4.78 is 39.2. The first-order valence-corrected chi connectivity index (χ1v) is 6.28. The number of nitrogens with one attached hydrogen (secondary N) is 1. The van der Waals surface area contributed by atoms with Crippen molar-refractivity contribution in [1.82, 2.24) is 15.1 Å². The van der Waals surface area contributed by atoms with E-state index in [1.807, 2.05) is 6.92 Å². The van der Waals surface area contributed by atoms with Crippen molar-refractivity contribution >= 4 is 11.6 Å². The van der Waals surface area contributed by atoms with Crippen LogP contribution in [0.1, 0.15) is 38.4 Å². The van der Waals surface area contributed by atoms with Gasteiger partial charge in [0.25, 0.3) is 0 Å². The van der Waals surface area contributed by atoms with Crippen molar-refractivity contribution in [3.8, 4) is 0 Å². The Kier molecular flexibility index (Phi) is 5.47. The zero-order valence-electron chi connectivity index (χ0n) is 10.4. The molecule has 0 bridgehead atoms. The summed E-state index contributed by atoms with van der Waals surface area (Å²) in [7, 11) is 0. The van der Waals surface area contributed by atoms with Gasteiger partial charge < -0.3 is 5.32 Å². The van der Waals surface area contributed by atoms with Crippen LogP contribution in [-0.4, -0.2) is 22.5 Å². The van der Waals surface area contributed by atoms with Crippen LogP contribution in [-0.2, 0) is 6.54 Å². The maximum atomic E-state index is 12.6. The minimum Gasteiger partial charge on any atom is -0.309 e. The van der Waals surface area contributed by atoms with Crippen LogP contribution in [0.2, 0.25) is 5.02 Å². The highest BCUT2D eigenvalue weighted by Gasteiger charge is 2.34. The van der Waals surface area contributed by atoms with Crippen molar-refractivity contribution in [3.05, 3.63) is 16.9 Å². The van der Waals surface area contributed by atoms with Crippen LogP contribution in [0.5, 0.6) is 0 Å².